The standard InChI is InChI=1S/C18H23N3/c1-12(2)11-13-7-9-14(10-8-13)17-20-16-6-4-5-15(16)18(19-3)21-17/h7-10,12H,4-6,11H2,1-3H3,(H,19,20,21). The van der Waals surface area contributed by atoms with Crippen molar-refractivity contribution in [2.75, 3.05) is 12.4 Å². The van der Waals surface area contributed by atoms with Gasteiger partial charge in [-0.1, -0.05) is 38.1 Å². The number of benzene rings is 1. The smallest absolute Gasteiger partial charge is 0.161 e. The van der Waals surface area contributed by atoms with Gasteiger partial charge in [0.25, 0.3) is 0 Å². The fraction of sp³-hybridized carbons (Fsp3) is 0.444. The van der Waals surface area contributed by atoms with Gasteiger partial charge in [-0.25, -0.2) is 9.97 Å². The Morgan fingerprint density at radius 2 is 1.86 bits per heavy atom. The summed E-state index contributed by atoms with van der Waals surface area (Å²) in [4.78, 5) is 9.47. The highest BCUT2D eigenvalue weighted by molar-refractivity contribution is 5.61. The lowest BCUT2D eigenvalue weighted by molar-refractivity contribution is 0.647. The normalized spacial score (nSPS) is 13.5. The molecule has 1 aromatic carbocycles. The maximum absolute atomic E-state index is 4.77. The van der Waals surface area contributed by atoms with E-state index < -0.39 is 0 Å². The van der Waals surface area contributed by atoms with Crippen molar-refractivity contribution in [2.45, 2.75) is 39.5 Å². The number of aromatic nitrogens is 2. The number of fused-ring (bicyclic) bond motifs is 1. The van der Waals surface area contributed by atoms with Gasteiger partial charge < -0.3 is 5.32 Å². The highest BCUT2D eigenvalue weighted by Crippen LogP contribution is 2.29. The molecule has 0 saturated carbocycles. The Balaban J connectivity index is 1.93. The summed E-state index contributed by atoms with van der Waals surface area (Å²) in [5.41, 5.74) is 5.01. The van der Waals surface area contributed by atoms with Gasteiger partial charge in [0.05, 0.1) is 0 Å². The first kappa shape index (κ1) is 14.1. The Bertz CT molecular complexity index is 630. The molecule has 1 aliphatic rings. The molecule has 0 bridgehead atoms. The average Bonchev–Trinajstić information content (AvgIpc) is 2.94. The Hall–Kier alpha value is -1.90. The van der Waals surface area contributed by atoms with Gasteiger partial charge in [0.1, 0.15) is 5.82 Å². The molecule has 0 amide bonds. The number of nitrogens with zero attached hydrogens (tertiary/aromatic N) is 2. The van der Waals surface area contributed by atoms with Crippen molar-refractivity contribution >= 4 is 5.82 Å². The average molecular weight is 281 g/mol. The van der Waals surface area contributed by atoms with E-state index in [1.54, 1.807) is 0 Å². The van der Waals surface area contributed by atoms with Gasteiger partial charge in [-0.05, 0) is 37.2 Å². The van der Waals surface area contributed by atoms with Crippen molar-refractivity contribution < 1.29 is 0 Å². The molecule has 0 atom stereocenters. The van der Waals surface area contributed by atoms with Crippen molar-refractivity contribution in [3.8, 4) is 11.4 Å². The lowest BCUT2D eigenvalue weighted by atomic mass is 10.0. The van der Waals surface area contributed by atoms with Gasteiger partial charge in [-0.3, -0.25) is 0 Å². The van der Waals surface area contributed by atoms with Crippen LogP contribution in [0.25, 0.3) is 11.4 Å². The lowest BCUT2D eigenvalue weighted by Crippen LogP contribution is -2.03. The van der Waals surface area contributed by atoms with Gasteiger partial charge >= 0.3 is 0 Å². The summed E-state index contributed by atoms with van der Waals surface area (Å²) in [7, 11) is 1.94. The second-order valence-electron chi connectivity index (χ2n) is 6.22. The van der Waals surface area contributed by atoms with E-state index in [-0.39, 0.29) is 0 Å². The molecular formula is C18H23N3. The Kier molecular flexibility index (Phi) is 3.91. The van der Waals surface area contributed by atoms with Crippen LogP contribution in [-0.4, -0.2) is 17.0 Å². The van der Waals surface area contributed by atoms with Gasteiger partial charge in [0.15, 0.2) is 5.82 Å². The monoisotopic (exact) mass is 281 g/mol. The van der Waals surface area contributed by atoms with E-state index in [2.05, 4.69) is 43.4 Å². The number of nitrogens with one attached hydrogen (secondary N) is 1. The van der Waals surface area contributed by atoms with Crippen LogP contribution < -0.4 is 5.32 Å². The minimum absolute atomic E-state index is 0.683. The predicted octanol–water partition coefficient (Wildman–Crippen LogP) is 3.87. The number of rotatable bonds is 4. The first-order valence-corrected chi connectivity index (χ1v) is 7.84. The van der Waals surface area contributed by atoms with E-state index >= 15 is 0 Å². The fourth-order valence-corrected chi connectivity index (χ4v) is 3.03. The van der Waals surface area contributed by atoms with Crippen LogP contribution in [0.4, 0.5) is 5.82 Å². The second-order valence-corrected chi connectivity index (χ2v) is 6.22. The Labute approximate surface area is 126 Å². The molecule has 3 nitrogen and oxygen atoms in total. The summed E-state index contributed by atoms with van der Waals surface area (Å²) in [6.45, 7) is 4.49. The van der Waals surface area contributed by atoms with Crippen LogP contribution in [0.1, 0.15) is 37.1 Å². The van der Waals surface area contributed by atoms with Crippen molar-refractivity contribution in [1.29, 1.82) is 0 Å². The molecular weight excluding hydrogens is 258 g/mol. The SMILES string of the molecule is CNc1nc(-c2ccc(CC(C)C)cc2)nc2c1CCC2. The van der Waals surface area contributed by atoms with Crippen LogP contribution in [0.5, 0.6) is 0 Å². The number of hydrogen-bond acceptors (Lipinski definition) is 3. The summed E-state index contributed by atoms with van der Waals surface area (Å²) in [6.07, 6.45) is 4.48. The van der Waals surface area contributed by atoms with E-state index in [9.17, 15) is 0 Å². The van der Waals surface area contributed by atoms with Crippen LogP contribution in [0.2, 0.25) is 0 Å². The summed E-state index contributed by atoms with van der Waals surface area (Å²) < 4.78 is 0. The molecule has 0 saturated heterocycles. The second kappa shape index (κ2) is 5.84. The fourth-order valence-electron chi connectivity index (χ4n) is 3.03. The largest absolute Gasteiger partial charge is 0.373 e. The molecule has 0 unspecified atom stereocenters. The third kappa shape index (κ3) is 2.92. The van der Waals surface area contributed by atoms with E-state index in [4.69, 9.17) is 9.97 Å². The zero-order chi connectivity index (χ0) is 14.8. The molecule has 1 N–H and O–H groups in total. The van der Waals surface area contributed by atoms with Gasteiger partial charge in [-0.15, -0.1) is 0 Å². The first-order valence-electron chi connectivity index (χ1n) is 7.84. The van der Waals surface area contributed by atoms with Crippen molar-refractivity contribution in [3.05, 3.63) is 41.1 Å². The number of anilines is 1. The van der Waals surface area contributed by atoms with Gasteiger partial charge in [-0.2, -0.15) is 0 Å². The molecule has 0 fully saturated rings. The molecule has 0 aliphatic heterocycles. The van der Waals surface area contributed by atoms with Crippen molar-refractivity contribution in [3.63, 3.8) is 0 Å². The third-order valence-electron chi connectivity index (χ3n) is 4.03. The third-order valence-corrected chi connectivity index (χ3v) is 4.03. The molecule has 1 aliphatic carbocycles. The van der Waals surface area contributed by atoms with Crippen molar-refractivity contribution in [1.82, 2.24) is 9.97 Å². The quantitative estimate of drug-likeness (QED) is 0.924. The molecule has 110 valence electrons. The predicted molar refractivity (Wildman–Crippen MR) is 87.6 cm³/mol. The van der Waals surface area contributed by atoms with Crippen molar-refractivity contribution in [2.24, 2.45) is 5.92 Å². The summed E-state index contributed by atoms with van der Waals surface area (Å²) in [5.74, 6) is 2.53. The molecule has 3 rings (SSSR count). The molecule has 0 radical (unpaired) electrons. The van der Waals surface area contributed by atoms with E-state index in [1.165, 1.54) is 23.2 Å². The molecule has 2 aromatic rings. The first-order chi connectivity index (χ1) is 10.2. The van der Waals surface area contributed by atoms with Crippen LogP contribution >= 0.6 is 0 Å². The van der Waals surface area contributed by atoms with E-state index in [0.29, 0.717) is 5.92 Å². The maximum Gasteiger partial charge on any atom is 0.161 e. The highest BCUT2D eigenvalue weighted by Gasteiger charge is 2.19. The van der Waals surface area contributed by atoms with Crippen LogP contribution in [0.3, 0.4) is 0 Å². The molecule has 1 heterocycles. The minimum Gasteiger partial charge on any atom is -0.373 e. The van der Waals surface area contributed by atoms with Crippen LogP contribution in [-0.2, 0) is 19.3 Å². The summed E-state index contributed by atoms with van der Waals surface area (Å²) in [6, 6.07) is 8.69. The molecule has 21 heavy (non-hydrogen) atoms. The van der Waals surface area contributed by atoms with Crippen LogP contribution in [0.15, 0.2) is 24.3 Å². The maximum atomic E-state index is 4.77. The number of aryl methyl sites for hydroxylation is 1. The Morgan fingerprint density at radius 3 is 2.52 bits per heavy atom. The Morgan fingerprint density at radius 1 is 1.10 bits per heavy atom. The molecule has 0 spiro atoms. The van der Waals surface area contributed by atoms with E-state index in [0.717, 1.165) is 36.5 Å². The molecule has 1 aromatic heterocycles. The van der Waals surface area contributed by atoms with Gasteiger partial charge in [0, 0.05) is 23.9 Å². The molecule has 3 heteroatoms. The summed E-state index contributed by atoms with van der Waals surface area (Å²) in [5, 5.41) is 3.22. The van der Waals surface area contributed by atoms with Crippen LogP contribution in [0, 0.1) is 5.92 Å². The van der Waals surface area contributed by atoms with Gasteiger partial charge in [0.2, 0.25) is 0 Å². The minimum atomic E-state index is 0.683. The zero-order valence-corrected chi connectivity index (χ0v) is 13.1. The number of hydrogen-bond donors (Lipinski definition) is 1. The lowest BCUT2D eigenvalue weighted by Gasteiger charge is -2.10. The summed E-state index contributed by atoms with van der Waals surface area (Å²) >= 11 is 0. The van der Waals surface area contributed by atoms with E-state index in [1.807, 2.05) is 7.05 Å². The topological polar surface area (TPSA) is 37.8 Å². The highest BCUT2D eigenvalue weighted by atomic mass is 15.0. The zero-order valence-electron chi connectivity index (χ0n) is 13.1.